The molecule has 4 heteroatoms. The molecule has 0 radical (unpaired) electrons. The highest BCUT2D eigenvalue weighted by molar-refractivity contribution is 5.88. The predicted octanol–water partition coefficient (Wildman–Crippen LogP) is 3.58. The van der Waals surface area contributed by atoms with Crippen molar-refractivity contribution in [2.75, 3.05) is 36.4 Å². The van der Waals surface area contributed by atoms with Crippen LogP contribution in [-0.2, 0) is 11.3 Å². The molecule has 0 unspecified atom stereocenters. The van der Waals surface area contributed by atoms with E-state index in [2.05, 4.69) is 59.3 Å². The van der Waals surface area contributed by atoms with E-state index in [1.807, 2.05) is 12.1 Å². The van der Waals surface area contributed by atoms with Gasteiger partial charge in [0.15, 0.2) is 0 Å². The van der Waals surface area contributed by atoms with E-state index in [9.17, 15) is 4.79 Å². The third-order valence-corrected chi connectivity index (χ3v) is 4.75. The summed E-state index contributed by atoms with van der Waals surface area (Å²) in [5.74, 6) is -0.0322. The van der Waals surface area contributed by atoms with Crippen LogP contribution in [0.1, 0.15) is 23.6 Å². The van der Waals surface area contributed by atoms with Crippen LogP contribution in [0.25, 0.3) is 0 Å². The highest BCUT2D eigenvalue weighted by atomic mass is 16.1. The summed E-state index contributed by atoms with van der Waals surface area (Å²) in [4.78, 5) is 16.1. The molecule has 1 saturated heterocycles. The van der Waals surface area contributed by atoms with Gasteiger partial charge in [-0.1, -0.05) is 29.8 Å². The number of carbonyl (C=O) groups is 1. The van der Waals surface area contributed by atoms with Crippen LogP contribution in [0, 0.1) is 13.8 Å². The quantitative estimate of drug-likeness (QED) is 0.926. The first-order valence-corrected chi connectivity index (χ1v) is 8.92. The lowest BCUT2D eigenvalue weighted by Gasteiger charge is -2.37. The summed E-state index contributed by atoms with van der Waals surface area (Å²) >= 11 is 0. The average molecular weight is 337 g/mol. The summed E-state index contributed by atoms with van der Waals surface area (Å²) in [7, 11) is 0. The normalized spacial score (nSPS) is 15.2. The second kappa shape index (κ2) is 7.70. The molecule has 132 valence electrons. The molecule has 0 saturated carbocycles. The number of hydrogen-bond acceptors (Lipinski definition) is 3. The molecule has 1 aliphatic rings. The maximum atomic E-state index is 11.1. The molecule has 0 atom stereocenters. The number of anilines is 2. The lowest BCUT2D eigenvalue weighted by molar-refractivity contribution is -0.114. The van der Waals surface area contributed by atoms with Gasteiger partial charge in [-0.05, 0) is 43.2 Å². The monoisotopic (exact) mass is 337 g/mol. The van der Waals surface area contributed by atoms with E-state index in [1.165, 1.54) is 29.3 Å². The van der Waals surface area contributed by atoms with Crippen molar-refractivity contribution < 1.29 is 4.79 Å². The van der Waals surface area contributed by atoms with Crippen molar-refractivity contribution in [1.29, 1.82) is 0 Å². The molecule has 4 nitrogen and oxygen atoms in total. The molecular formula is C21H27N3O. The summed E-state index contributed by atoms with van der Waals surface area (Å²) in [6.07, 6.45) is 0. The van der Waals surface area contributed by atoms with E-state index in [4.69, 9.17) is 0 Å². The minimum atomic E-state index is -0.0322. The Morgan fingerprint density at radius 3 is 2.28 bits per heavy atom. The van der Waals surface area contributed by atoms with E-state index in [0.29, 0.717) is 0 Å². The Balaban J connectivity index is 1.54. The molecule has 3 rings (SSSR count). The Bertz CT molecular complexity index is 731. The lowest BCUT2D eigenvalue weighted by atomic mass is 10.1. The zero-order chi connectivity index (χ0) is 17.8. The first-order valence-electron chi connectivity index (χ1n) is 8.92. The second-order valence-corrected chi connectivity index (χ2v) is 6.93. The molecule has 0 bridgehead atoms. The van der Waals surface area contributed by atoms with E-state index in [0.717, 1.165) is 38.4 Å². The maximum absolute atomic E-state index is 11.1. The van der Waals surface area contributed by atoms with Crippen molar-refractivity contribution in [2.24, 2.45) is 0 Å². The number of benzene rings is 2. The standard InChI is InChI=1S/C21H27N3O/c1-16-4-9-21(17(2)14-16)24-12-10-23(11-13-24)15-19-5-7-20(8-6-19)22-18(3)25/h4-9,14H,10-13,15H2,1-3H3,(H,22,25). The van der Waals surface area contributed by atoms with Crippen LogP contribution in [0.15, 0.2) is 42.5 Å². The molecule has 1 amide bonds. The first kappa shape index (κ1) is 17.5. The molecule has 0 aliphatic carbocycles. The molecule has 25 heavy (non-hydrogen) atoms. The Kier molecular flexibility index (Phi) is 5.39. The fourth-order valence-corrected chi connectivity index (χ4v) is 3.46. The van der Waals surface area contributed by atoms with Crippen LogP contribution in [-0.4, -0.2) is 37.0 Å². The minimum absolute atomic E-state index is 0.0322. The van der Waals surface area contributed by atoms with Crippen LogP contribution < -0.4 is 10.2 Å². The minimum Gasteiger partial charge on any atom is -0.369 e. The van der Waals surface area contributed by atoms with Gasteiger partial charge in [-0.2, -0.15) is 0 Å². The van der Waals surface area contributed by atoms with Crippen LogP contribution >= 0.6 is 0 Å². The fraction of sp³-hybridized carbons (Fsp3) is 0.381. The summed E-state index contributed by atoms with van der Waals surface area (Å²) < 4.78 is 0. The van der Waals surface area contributed by atoms with Gasteiger partial charge in [0.1, 0.15) is 0 Å². The molecule has 1 N–H and O–H groups in total. The molecule has 1 fully saturated rings. The number of amides is 1. The number of nitrogens with zero attached hydrogens (tertiary/aromatic N) is 2. The first-order chi connectivity index (χ1) is 12.0. The van der Waals surface area contributed by atoms with Gasteiger partial charge >= 0.3 is 0 Å². The number of nitrogens with one attached hydrogen (secondary N) is 1. The highest BCUT2D eigenvalue weighted by Gasteiger charge is 2.18. The maximum Gasteiger partial charge on any atom is 0.221 e. The van der Waals surface area contributed by atoms with Gasteiger partial charge in [0.05, 0.1) is 0 Å². The van der Waals surface area contributed by atoms with E-state index >= 15 is 0 Å². The smallest absolute Gasteiger partial charge is 0.221 e. The molecular weight excluding hydrogens is 310 g/mol. The van der Waals surface area contributed by atoms with Crippen molar-refractivity contribution in [2.45, 2.75) is 27.3 Å². The van der Waals surface area contributed by atoms with Crippen LogP contribution in [0.5, 0.6) is 0 Å². The average Bonchev–Trinajstić information content (AvgIpc) is 2.57. The Hall–Kier alpha value is -2.33. The van der Waals surface area contributed by atoms with Gasteiger partial charge in [-0.25, -0.2) is 0 Å². The number of hydrogen-bond donors (Lipinski definition) is 1. The second-order valence-electron chi connectivity index (χ2n) is 6.93. The lowest BCUT2D eigenvalue weighted by Crippen LogP contribution is -2.46. The largest absolute Gasteiger partial charge is 0.369 e. The number of piperazine rings is 1. The molecule has 2 aromatic carbocycles. The van der Waals surface area contributed by atoms with Gasteiger partial charge in [0.25, 0.3) is 0 Å². The predicted molar refractivity (Wildman–Crippen MR) is 104 cm³/mol. The molecule has 2 aromatic rings. The van der Waals surface area contributed by atoms with E-state index in [1.54, 1.807) is 0 Å². The van der Waals surface area contributed by atoms with Crippen molar-refractivity contribution in [3.8, 4) is 0 Å². The van der Waals surface area contributed by atoms with Gasteiger partial charge in [-0.3, -0.25) is 9.69 Å². The van der Waals surface area contributed by atoms with Crippen molar-refractivity contribution >= 4 is 17.3 Å². The van der Waals surface area contributed by atoms with Crippen LogP contribution in [0.3, 0.4) is 0 Å². The Morgan fingerprint density at radius 2 is 1.68 bits per heavy atom. The Morgan fingerprint density at radius 1 is 1.00 bits per heavy atom. The third-order valence-electron chi connectivity index (χ3n) is 4.75. The fourth-order valence-electron chi connectivity index (χ4n) is 3.46. The van der Waals surface area contributed by atoms with Gasteiger partial charge < -0.3 is 10.2 Å². The molecule has 0 spiro atoms. The molecule has 0 aromatic heterocycles. The number of rotatable bonds is 4. The van der Waals surface area contributed by atoms with Crippen LogP contribution in [0.4, 0.5) is 11.4 Å². The SMILES string of the molecule is CC(=O)Nc1ccc(CN2CCN(c3ccc(C)cc3C)CC2)cc1. The van der Waals surface area contributed by atoms with Crippen LogP contribution in [0.2, 0.25) is 0 Å². The third kappa shape index (κ3) is 4.60. The van der Waals surface area contributed by atoms with Crippen molar-refractivity contribution in [3.63, 3.8) is 0 Å². The van der Waals surface area contributed by atoms with Crippen molar-refractivity contribution in [3.05, 3.63) is 59.2 Å². The number of carbonyl (C=O) groups excluding carboxylic acids is 1. The van der Waals surface area contributed by atoms with Gasteiger partial charge in [0.2, 0.25) is 5.91 Å². The van der Waals surface area contributed by atoms with E-state index < -0.39 is 0 Å². The molecule has 1 aliphatic heterocycles. The number of aryl methyl sites for hydroxylation is 2. The summed E-state index contributed by atoms with van der Waals surface area (Å²) in [6, 6.07) is 14.9. The van der Waals surface area contributed by atoms with E-state index in [-0.39, 0.29) is 5.91 Å². The molecule has 1 heterocycles. The summed E-state index contributed by atoms with van der Waals surface area (Å²) in [6.45, 7) is 11.1. The highest BCUT2D eigenvalue weighted by Crippen LogP contribution is 2.23. The van der Waals surface area contributed by atoms with Crippen molar-refractivity contribution in [1.82, 2.24) is 4.90 Å². The summed E-state index contributed by atoms with van der Waals surface area (Å²) in [5, 5.41) is 2.81. The summed E-state index contributed by atoms with van der Waals surface area (Å²) in [5.41, 5.74) is 6.19. The zero-order valence-electron chi connectivity index (χ0n) is 15.4. The Labute approximate surface area is 150 Å². The van der Waals surface area contributed by atoms with Gasteiger partial charge in [0, 0.05) is 51.0 Å². The topological polar surface area (TPSA) is 35.6 Å². The van der Waals surface area contributed by atoms with Gasteiger partial charge in [-0.15, -0.1) is 0 Å². The zero-order valence-corrected chi connectivity index (χ0v) is 15.4.